The maximum atomic E-state index is 12.2. The van der Waals surface area contributed by atoms with Crippen molar-refractivity contribution in [3.05, 3.63) is 0 Å². The molecule has 1 saturated carbocycles. The molecule has 3 heteroatoms. The molecule has 0 spiro atoms. The smallest absolute Gasteiger partial charge is 0.313 e. The predicted octanol–water partition coefficient (Wildman–Crippen LogP) is 2.63. The highest BCUT2D eigenvalue weighted by Crippen LogP contribution is 2.35. The monoisotopic (exact) mass is 227 g/mol. The minimum atomic E-state index is -0.389. The lowest BCUT2D eigenvalue weighted by molar-refractivity contribution is -0.161. The van der Waals surface area contributed by atoms with E-state index in [0.717, 1.165) is 32.1 Å². The van der Waals surface area contributed by atoms with Crippen LogP contribution in [0.1, 0.15) is 58.8 Å². The highest BCUT2D eigenvalue weighted by molar-refractivity contribution is 5.77. The minimum Gasteiger partial charge on any atom is -0.462 e. The van der Waals surface area contributed by atoms with E-state index in [1.165, 1.54) is 12.8 Å². The van der Waals surface area contributed by atoms with Gasteiger partial charge in [-0.25, -0.2) is 0 Å². The Kier molecular flexibility index (Phi) is 5.26. The van der Waals surface area contributed by atoms with E-state index in [4.69, 9.17) is 10.5 Å². The van der Waals surface area contributed by atoms with Crippen molar-refractivity contribution in [3.8, 4) is 0 Å². The summed E-state index contributed by atoms with van der Waals surface area (Å²) >= 11 is 0. The van der Waals surface area contributed by atoms with Gasteiger partial charge in [-0.3, -0.25) is 4.79 Å². The van der Waals surface area contributed by atoms with Crippen molar-refractivity contribution < 1.29 is 9.53 Å². The molecule has 0 aliphatic heterocycles. The summed E-state index contributed by atoms with van der Waals surface area (Å²) in [4.78, 5) is 12.2. The summed E-state index contributed by atoms with van der Waals surface area (Å²) in [5.74, 6) is -0.0637. The first kappa shape index (κ1) is 13.5. The third kappa shape index (κ3) is 3.21. The van der Waals surface area contributed by atoms with Crippen LogP contribution in [-0.2, 0) is 9.53 Å². The first-order valence-electron chi connectivity index (χ1n) is 6.56. The summed E-state index contributed by atoms with van der Waals surface area (Å²) in [5, 5.41) is 0. The van der Waals surface area contributed by atoms with Gasteiger partial charge in [0.1, 0.15) is 0 Å². The molecule has 1 aliphatic rings. The number of ether oxygens (including phenoxy) is 1. The molecule has 0 aromatic heterocycles. The van der Waals surface area contributed by atoms with Crippen molar-refractivity contribution in [2.24, 2.45) is 11.1 Å². The van der Waals surface area contributed by atoms with Gasteiger partial charge in [-0.15, -0.1) is 0 Å². The molecule has 0 amide bonds. The van der Waals surface area contributed by atoms with Crippen LogP contribution in [0, 0.1) is 5.41 Å². The molecule has 0 aromatic rings. The average Bonchev–Trinajstić information content (AvgIpc) is 2.54. The van der Waals surface area contributed by atoms with Crippen molar-refractivity contribution in [3.63, 3.8) is 0 Å². The molecule has 0 aromatic carbocycles. The van der Waals surface area contributed by atoms with Gasteiger partial charge in [0.25, 0.3) is 0 Å². The normalized spacial score (nSPS) is 22.2. The Balaban J connectivity index is 2.65. The van der Waals surface area contributed by atoms with E-state index in [-0.39, 0.29) is 17.5 Å². The first-order chi connectivity index (χ1) is 7.64. The maximum absolute atomic E-state index is 12.2. The highest BCUT2D eigenvalue weighted by atomic mass is 16.5. The van der Waals surface area contributed by atoms with Crippen molar-refractivity contribution in [1.29, 1.82) is 0 Å². The van der Waals surface area contributed by atoms with Crippen molar-refractivity contribution >= 4 is 5.97 Å². The van der Waals surface area contributed by atoms with Crippen LogP contribution < -0.4 is 5.73 Å². The van der Waals surface area contributed by atoms with E-state index in [9.17, 15) is 4.79 Å². The van der Waals surface area contributed by atoms with Gasteiger partial charge < -0.3 is 10.5 Å². The second kappa shape index (κ2) is 6.24. The molecule has 1 fully saturated rings. The number of nitrogens with two attached hydrogens (primary N) is 1. The lowest BCUT2D eigenvalue weighted by Gasteiger charge is -2.30. The van der Waals surface area contributed by atoms with Gasteiger partial charge in [0, 0.05) is 6.54 Å². The standard InChI is InChI=1S/C13H25NO2/c1-3-11(2)16-12(15)13(10-14)8-6-4-5-7-9-13/h11H,3-10,14H2,1-2H3. The van der Waals surface area contributed by atoms with Crippen LogP contribution in [0.3, 0.4) is 0 Å². The Hall–Kier alpha value is -0.570. The second-order valence-electron chi connectivity index (χ2n) is 5.02. The van der Waals surface area contributed by atoms with Crippen LogP contribution in [0.4, 0.5) is 0 Å². The molecular formula is C13H25NO2. The number of hydrogen-bond acceptors (Lipinski definition) is 3. The Morgan fingerprint density at radius 2 is 1.88 bits per heavy atom. The SMILES string of the molecule is CCC(C)OC(=O)C1(CN)CCCCCC1. The van der Waals surface area contributed by atoms with Gasteiger partial charge >= 0.3 is 5.97 Å². The molecule has 1 unspecified atom stereocenters. The second-order valence-corrected chi connectivity index (χ2v) is 5.02. The zero-order valence-electron chi connectivity index (χ0n) is 10.6. The van der Waals surface area contributed by atoms with Gasteiger partial charge in [0.05, 0.1) is 11.5 Å². The molecule has 2 N–H and O–H groups in total. The molecule has 0 heterocycles. The summed E-state index contributed by atoms with van der Waals surface area (Å²) in [7, 11) is 0. The maximum Gasteiger partial charge on any atom is 0.313 e. The third-order valence-electron chi connectivity index (χ3n) is 3.77. The number of carbonyl (C=O) groups is 1. The fourth-order valence-electron chi connectivity index (χ4n) is 2.29. The van der Waals surface area contributed by atoms with Crippen LogP contribution >= 0.6 is 0 Å². The quantitative estimate of drug-likeness (QED) is 0.593. The van der Waals surface area contributed by atoms with Gasteiger partial charge in [-0.05, 0) is 26.2 Å². The van der Waals surface area contributed by atoms with Crippen LogP contribution in [0.2, 0.25) is 0 Å². The largest absolute Gasteiger partial charge is 0.462 e. The molecule has 0 saturated heterocycles. The lowest BCUT2D eigenvalue weighted by atomic mass is 9.80. The Labute approximate surface area is 98.7 Å². The van der Waals surface area contributed by atoms with Crippen LogP contribution in [0.25, 0.3) is 0 Å². The Bertz CT molecular complexity index is 220. The molecule has 94 valence electrons. The molecule has 3 nitrogen and oxygen atoms in total. The van der Waals surface area contributed by atoms with Crippen molar-refractivity contribution in [2.45, 2.75) is 64.9 Å². The Morgan fingerprint density at radius 1 is 1.31 bits per heavy atom. The predicted molar refractivity (Wildman–Crippen MR) is 65.0 cm³/mol. The molecule has 16 heavy (non-hydrogen) atoms. The molecular weight excluding hydrogens is 202 g/mol. The van der Waals surface area contributed by atoms with Gasteiger partial charge in [0.2, 0.25) is 0 Å². The van der Waals surface area contributed by atoms with E-state index in [0.29, 0.717) is 6.54 Å². The molecule has 0 radical (unpaired) electrons. The topological polar surface area (TPSA) is 52.3 Å². The summed E-state index contributed by atoms with van der Waals surface area (Å²) < 4.78 is 5.47. The van der Waals surface area contributed by atoms with Crippen LogP contribution in [0.15, 0.2) is 0 Å². The summed E-state index contributed by atoms with van der Waals surface area (Å²) in [6.45, 7) is 4.40. The van der Waals surface area contributed by atoms with Gasteiger partial charge in [-0.2, -0.15) is 0 Å². The fraction of sp³-hybridized carbons (Fsp3) is 0.923. The zero-order valence-corrected chi connectivity index (χ0v) is 10.6. The van der Waals surface area contributed by atoms with E-state index < -0.39 is 0 Å². The van der Waals surface area contributed by atoms with E-state index in [2.05, 4.69) is 0 Å². The van der Waals surface area contributed by atoms with Crippen LogP contribution in [-0.4, -0.2) is 18.6 Å². The van der Waals surface area contributed by atoms with Crippen molar-refractivity contribution in [2.75, 3.05) is 6.54 Å². The lowest BCUT2D eigenvalue weighted by Crippen LogP contribution is -2.40. The summed E-state index contributed by atoms with van der Waals surface area (Å²) in [6.07, 6.45) is 7.33. The molecule has 1 aliphatic carbocycles. The zero-order chi connectivity index (χ0) is 12.0. The van der Waals surface area contributed by atoms with Gasteiger partial charge in [0.15, 0.2) is 0 Å². The van der Waals surface area contributed by atoms with E-state index in [1.807, 2.05) is 13.8 Å². The molecule has 1 rings (SSSR count). The molecule has 1 atom stereocenters. The third-order valence-corrected chi connectivity index (χ3v) is 3.77. The number of hydrogen-bond donors (Lipinski definition) is 1. The number of carbonyl (C=O) groups excluding carboxylic acids is 1. The van der Waals surface area contributed by atoms with Gasteiger partial charge in [-0.1, -0.05) is 32.6 Å². The van der Waals surface area contributed by atoms with Crippen molar-refractivity contribution in [1.82, 2.24) is 0 Å². The first-order valence-corrected chi connectivity index (χ1v) is 6.56. The fourth-order valence-corrected chi connectivity index (χ4v) is 2.29. The Morgan fingerprint density at radius 3 is 2.31 bits per heavy atom. The number of esters is 1. The van der Waals surface area contributed by atoms with Crippen LogP contribution in [0.5, 0.6) is 0 Å². The molecule has 0 bridgehead atoms. The summed E-state index contributed by atoms with van der Waals surface area (Å²) in [5.41, 5.74) is 5.44. The summed E-state index contributed by atoms with van der Waals surface area (Å²) in [6, 6.07) is 0. The highest BCUT2D eigenvalue weighted by Gasteiger charge is 2.39. The average molecular weight is 227 g/mol. The van der Waals surface area contributed by atoms with E-state index in [1.54, 1.807) is 0 Å². The number of rotatable bonds is 4. The van der Waals surface area contributed by atoms with E-state index >= 15 is 0 Å². The minimum absolute atomic E-state index is 0.0131.